The van der Waals surface area contributed by atoms with Crippen LogP contribution in [0.1, 0.15) is 32.2 Å². The van der Waals surface area contributed by atoms with Gasteiger partial charge in [0.1, 0.15) is 5.65 Å². The van der Waals surface area contributed by atoms with Gasteiger partial charge in [-0.05, 0) is 54.6 Å². The molecule has 178 valence electrons. The normalized spacial score (nSPS) is 32.6. The molecule has 10 nitrogen and oxygen atoms in total. The van der Waals surface area contributed by atoms with Crippen LogP contribution < -0.4 is 10.9 Å². The average molecular weight is 482 g/mol. The van der Waals surface area contributed by atoms with Crippen molar-refractivity contribution in [3.05, 3.63) is 40.9 Å². The van der Waals surface area contributed by atoms with Crippen molar-refractivity contribution in [2.45, 2.75) is 43.3 Å². The molecule has 5 atom stereocenters. The molecule has 1 N–H and O–H groups in total. The summed E-state index contributed by atoms with van der Waals surface area (Å²) in [4.78, 5) is 22.1. The third-order valence-electron chi connectivity index (χ3n) is 8.83. The topological polar surface area (TPSA) is 115 Å². The van der Waals surface area contributed by atoms with E-state index in [1.807, 2.05) is 4.57 Å². The molecule has 3 aromatic heterocycles. The summed E-state index contributed by atoms with van der Waals surface area (Å²) >= 11 is 0. The lowest BCUT2D eigenvalue weighted by Crippen LogP contribution is -2.42. The van der Waals surface area contributed by atoms with Crippen LogP contribution in [0.5, 0.6) is 0 Å². The number of anilines is 1. The Bertz CT molecular complexity index is 1480. The molecule has 1 unspecified atom stereocenters. The standard InChI is InChI=1S/C23H27N7O3S/c1-23-15-11-16(20(23)19(15)23)30-18(31)4-3-13-12-24-22(26-21(13)30)25-14-5-9-29(10-6-14)34(32,33)17-7-8-28(2)27-17/h3-4,7-8,12,14-16,19-20H,5-6,9-11H2,1-2H3,(H,24,25,26)/t15-,16+,19-,20?,23-/m1/s1. The maximum Gasteiger partial charge on any atom is 0.262 e. The lowest BCUT2D eigenvalue weighted by atomic mass is 10.1. The number of aryl methyl sites for hydroxylation is 1. The van der Waals surface area contributed by atoms with Crippen molar-refractivity contribution < 1.29 is 8.42 Å². The van der Waals surface area contributed by atoms with Crippen LogP contribution in [-0.4, -0.2) is 56.2 Å². The first-order chi connectivity index (χ1) is 16.3. The summed E-state index contributed by atoms with van der Waals surface area (Å²) in [6, 6.07) is 5.24. The Hall–Kier alpha value is -2.79. The predicted octanol–water partition coefficient (Wildman–Crippen LogP) is 1.62. The molecule has 0 aromatic carbocycles. The SMILES string of the molecule is Cn1ccc(S(=O)(=O)N2CCC(Nc3ncc4ccc(=O)n([C@H]5C[C@@H]6[C@@H]7C5[C@]67C)c4n3)CC2)n1. The van der Waals surface area contributed by atoms with Gasteiger partial charge in [0, 0.05) is 56.1 Å². The number of fused-ring (bicyclic) bond motifs is 2. The van der Waals surface area contributed by atoms with E-state index in [1.165, 1.54) is 15.1 Å². The predicted molar refractivity (Wildman–Crippen MR) is 125 cm³/mol. The van der Waals surface area contributed by atoms with Gasteiger partial charge >= 0.3 is 0 Å². The number of nitrogens with one attached hydrogen (secondary N) is 1. The molecule has 3 aromatic rings. The molecule has 5 fully saturated rings. The van der Waals surface area contributed by atoms with Gasteiger partial charge in [0.25, 0.3) is 15.6 Å². The molecule has 11 heteroatoms. The summed E-state index contributed by atoms with van der Waals surface area (Å²) in [7, 11) is -1.88. The van der Waals surface area contributed by atoms with E-state index in [9.17, 15) is 13.2 Å². The molecule has 34 heavy (non-hydrogen) atoms. The lowest BCUT2D eigenvalue weighted by Gasteiger charge is -2.31. The summed E-state index contributed by atoms with van der Waals surface area (Å²) in [5.74, 6) is 2.67. The molecule has 0 amide bonds. The zero-order valence-electron chi connectivity index (χ0n) is 19.1. The fourth-order valence-electron chi connectivity index (χ4n) is 6.88. The van der Waals surface area contributed by atoms with Gasteiger partial charge in [0.05, 0.1) is 0 Å². The Morgan fingerprint density at radius 1 is 1.15 bits per heavy atom. The zero-order chi connectivity index (χ0) is 23.4. The number of pyridine rings is 1. The number of piperidine rings is 1. The first-order valence-corrected chi connectivity index (χ1v) is 13.4. The molecule has 4 heterocycles. The van der Waals surface area contributed by atoms with E-state index < -0.39 is 10.0 Å². The average Bonchev–Trinajstić information content (AvgIpc) is 3.30. The van der Waals surface area contributed by atoms with Gasteiger partial charge in [-0.25, -0.2) is 13.4 Å². The van der Waals surface area contributed by atoms with Gasteiger partial charge in [-0.15, -0.1) is 0 Å². The highest BCUT2D eigenvalue weighted by atomic mass is 32.2. The fourth-order valence-corrected chi connectivity index (χ4v) is 8.30. The Morgan fingerprint density at radius 2 is 1.91 bits per heavy atom. The van der Waals surface area contributed by atoms with Gasteiger partial charge in [-0.2, -0.15) is 14.4 Å². The van der Waals surface area contributed by atoms with Gasteiger partial charge in [0.2, 0.25) is 5.95 Å². The van der Waals surface area contributed by atoms with Crippen molar-refractivity contribution in [1.29, 1.82) is 0 Å². The van der Waals surface area contributed by atoms with Crippen LogP contribution in [0.3, 0.4) is 0 Å². The molecule has 2 bridgehead atoms. The van der Waals surface area contributed by atoms with Crippen LogP contribution in [-0.2, 0) is 17.1 Å². The van der Waals surface area contributed by atoms with Crippen LogP contribution in [0.25, 0.3) is 11.0 Å². The van der Waals surface area contributed by atoms with Crippen LogP contribution in [0.15, 0.2) is 40.4 Å². The van der Waals surface area contributed by atoms with Crippen LogP contribution in [0.4, 0.5) is 5.95 Å². The Balaban J connectivity index is 1.10. The highest BCUT2D eigenvalue weighted by Gasteiger charge is 2.89. The molecule has 0 radical (unpaired) electrons. The summed E-state index contributed by atoms with van der Waals surface area (Å²) in [6.45, 7) is 3.16. The van der Waals surface area contributed by atoms with E-state index in [1.54, 1.807) is 31.6 Å². The van der Waals surface area contributed by atoms with Gasteiger partial charge in [-0.3, -0.25) is 14.0 Å². The second-order valence-electron chi connectivity index (χ2n) is 10.5. The smallest absolute Gasteiger partial charge is 0.262 e. The number of sulfonamides is 1. The van der Waals surface area contributed by atoms with Crippen molar-refractivity contribution in [2.24, 2.45) is 30.2 Å². The third kappa shape index (κ3) is 2.73. The van der Waals surface area contributed by atoms with Crippen molar-refractivity contribution in [3.8, 4) is 0 Å². The molecule has 8 rings (SSSR count). The van der Waals surface area contributed by atoms with Gasteiger partial charge in [0.15, 0.2) is 5.03 Å². The Labute approximate surface area is 197 Å². The maximum atomic E-state index is 12.9. The maximum absolute atomic E-state index is 12.9. The number of hydrogen-bond donors (Lipinski definition) is 1. The van der Waals surface area contributed by atoms with Crippen LogP contribution in [0, 0.1) is 23.2 Å². The minimum atomic E-state index is -3.59. The summed E-state index contributed by atoms with van der Waals surface area (Å²) in [6.07, 6.45) is 5.76. The fraction of sp³-hybridized carbons (Fsp3) is 0.565. The molecule has 0 spiro atoms. The van der Waals surface area contributed by atoms with Crippen molar-refractivity contribution >= 4 is 27.0 Å². The van der Waals surface area contributed by atoms with E-state index in [4.69, 9.17) is 4.98 Å². The first-order valence-electron chi connectivity index (χ1n) is 11.9. The van der Waals surface area contributed by atoms with Crippen molar-refractivity contribution in [2.75, 3.05) is 18.4 Å². The molecular weight excluding hydrogens is 454 g/mol. The first kappa shape index (κ1) is 20.6. The lowest BCUT2D eigenvalue weighted by molar-refractivity contribution is 0.328. The van der Waals surface area contributed by atoms with Crippen LogP contribution >= 0.6 is 0 Å². The number of rotatable bonds is 5. The van der Waals surface area contributed by atoms with Crippen LogP contribution in [0.2, 0.25) is 0 Å². The minimum absolute atomic E-state index is 0.00531. The highest BCUT2D eigenvalue weighted by molar-refractivity contribution is 7.89. The van der Waals surface area contributed by atoms with E-state index in [2.05, 4.69) is 22.3 Å². The Kier molecular flexibility index (Phi) is 4.03. The van der Waals surface area contributed by atoms with Crippen molar-refractivity contribution in [1.82, 2.24) is 28.6 Å². The quantitative estimate of drug-likeness (QED) is 0.589. The molecule has 1 aliphatic heterocycles. The second kappa shape index (κ2) is 6.66. The van der Waals surface area contributed by atoms with Gasteiger partial charge < -0.3 is 5.32 Å². The summed E-state index contributed by atoms with van der Waals surface area (Å²) < 4.78 is 30.6. The molecular formula is C23H27N7O3S. The number of hydrogen-bond acceptors (Lipinski definition) is 7. The molecule has 4 aliphatic carbocycles. The van der Waals surface area contributed by atoms with Crippen molar-refractivity contribution in [3.63, 3.8) is 0 Å². The summed E-state index contributed by atoms with van der Waals surface area (Å²) in [5.41, 5.74) is 1.16. The molecule has 4 saturated carbocycles. The van der Waals surface area contributed by atoms with E-state index in [0.29, 0.717) is 48.9 Å². The third-order valence-corrected chi connectivity index (χ3v) is 10.6. The minimum Gasteiger partial charge on any atom is -0.351 e. The van der Waals surface area contributed by atoms with E-state index >= 15 is 0 Å². The number of nitrogens with zero attached hydrogens (tertiary/aromatic N) is 6. The Morgan fingerprint density at radius 3 is 2.56 bits per heavy atom. The van der Waals surface area contributed by atoms with E-state index in [-0.39, 0.29) is 22.7 Å². The monoisotopic (exact) mass is 481 g/mol. The largest absolute Gasteiger partial charge is 0.351 e. The van der Waals surface area contributed by atoms with E-state index in [0.717, 1.165) is 23.6 Å². The number of aromatic nitrogens is 5. The molecule has 5 aliphatic rings. The highest BCUT2D eigenvalue weighted by Crippen LogP contribution is 2.93. The summed E-state index contributed by atoms with van der Waals surface area (Å²) in [5, 5.41) is 8.39. The molecule has 1 saturated heterocycles. The zero-order valence-corrected chi connectivity index (χ0v) is 19.9. The second-order valence-corrected chi connectivity index (χ2v) is 12.4. The van der Waals surface area contributed by atoms with Gasteiger partial charge in [-0.1, -0.05) is 6.92 Å².